The number of pyridine rings is 1. The molecular formula is C10H12ClN3. The first-order valence-electron chi connectivity index (χ1n) is 4.43. The Morgan fingerprint density at radius 1 is 1.64 bits per heavy atom. The van der Waals surface area contributed by atoms with Crippen molar-refractivity contribution in [2.75, 3.05) is 11.0 Å². The minimum atomic E-state index is 0.432. The Morgan fingerprint density at radius 2 is 2.36 bits per heavy atom. The molecule has 0 spiro atoms. The van der Waals surface area contributed by atoms with Crippen LogP contribution in [0.1, 0.15) is 19.4 Å². The molecule has 1 heterocycles. The molecule has 1 aromatic heterocycles. The predicted molar refractivity (Wildman–Crippen MR) is 57.0 cm³/mol. The van der Waals surface area contributed by atoms with Crippen LogP contribution < -0.4 is 4.42 Å². The van der Waals surface area contributed by atoms with Crippen LogP contribution in [-0.4, -0.2) is 11.5 Å². The average Bonchev–Trinajstić information content (AvgIpc) is 2.16. The maximum absolute atomic E-state index is 8.83. The molecule has 1 rings (SSSR count). The van der Waals surface area contributed by atoms with E-state index in [1.807, 2.05) is 0 Å². The zero-order valence-electron chi connectivity index (χ0n) is 8.24. The van der Waals surface area contributed by atoms with Gasteiger partial charge in [0.1, 0.15) is 6.07 Å². The topological polar surface area (TPSA) is 39.9 Å². The minimum absolute atomic E-state index is 0.432. The summed E-state index contributed by atoms with van der Waals surface area (Å²) in [5.41, 5.74) is 0.503. The fourth-order valence-corrected chi connectivity index (χ4v) is 1.50. The lowest BCUT2D eigenvalue weighted by molar-refractivity contribution is 0.662. The van der Waals surface area contributed by atoms with Gasteiger partial charge in [-0.15, -0.1) is 0 Å². The molecule has 0 aliphatic carbocycles. The molecule has 0 saturated carbocycles. The maximum Gasteiger partial charge on any atom is 0.160 e. The van der Waals surface area contributed by atoms with Crippen LogP contribution in [0, 0.1) is 17.2 Å². The summed E-state index contributed by atoms with van der Waals surface area (Å²) in [5.74, 6) is 0.964. The van der Waals surface area contributed by atoms with E-state index in [9.17, 15) is 0 Å². The number of halogens is 1. The molecule has 3 nitrogen and oxygen atoms in total. The van der Waals surface area contributed by atoms with Gasteiger partial charge in [0.05, 0.1) is 5.56 Å². The average molecular weight is 210 g/mol. The van der Waals surface area contributed by atoms with Crippen molar-refractivity contribution in [1.82, 2.24) is 4.98 Å². The van der Waals surface area contributed by atoms with Crippen LogP contribution in [-0.2, 0) is 0 Å². The number of hydrogen-bond donors (Lipinski definition) is 0. The Balaban J connectivity index is 2.89. The normalized spacial score (nSPS) is 9.93. The Labute approximate surface area is 89.0 Å². The van der Waals surface area contributed by atoms with Crippen LogP contribution in [0.3, 0.4) is 0 Å². The van der Waals surface area contributed by atoms with Crippen molar-refractivity contribution < 1.29 is 0 Å². The molecule has 0 atom stereocenters. The monoisotopic (exact) mass is 209 g/mol. The summed E-state index contributed by atoms with van der Waals surface area (Å²) < 4.78 is 1.49. The van der Waals surface area contributed by atoms with E-state index >= 15 is 0 Å². The van der Waals surface area contributed by atoms with Crippen LogP contribution in [0.5, 0.6) is 0 Å². The van der Waals surface area contributed by atoms with E-state index in [1.165, 1.54) is 4.42 Å². The van der Waals surface area contributed by atoms with Gasteiger partial charge in [-0.05, 0) is 18.1 Å². The Hall–Kier alpha value is -1.27. The van der Waals surface area contributed by atoms with E-state index in [-0.39, 0.29) is 0 Å². The molecule has 0 fully saturated rings. The molecule has 0 aromatic carbocycles. The Bertz CT molecular complexity index is 343. The molecule has 74 valence electrons. The van der Waals surface area contributed by atoms with Gasteiger partial charge in [-0.3, -0.25) is 4.42 Å². The van der Waals surface area contributed by atoms with Crippen molar-refractivity contribution in [2.24, 2.45) is 5.92 Å². The lowest BCUT2D eigenvalue weighted by atomic mass is 10.2. The molecule has 0 N–H and O–H groups in total. The van der Waals surface area contributed by atoms with Crippen LogP contribution >= 0.6 is 11.8 Å². The maximum atomic E-state index is 8.83. The standard InChI is InChI=1S/C10H12ClN3/c1-8(2)7-14(11)10-9(6-12)4-3-5-13-10/h3-5,8H,7H2,1-2H3. The fourth-order valence-electron chi connectivity index (χ4n) is 1.08. The van der Waals surface area contributed by atoms with Crippen molar-refractivity contribution in [3.63, 3.8) is 0 Å². The highest BCUT2D eigenvalue weighted by molar-refractivity contribution is 6.25. The van der Waals surface area contributed by atoms with Crippen LogP contribution in [0.25, 0.3) is 0 Å². The highest BCUT2D eigenvalue weighted by Gasteiger charge is 2.11. The lowest BCUT2D eigenvalue weighted by Crippen LogP contribution is -2.18. The van der Waals surface area contributed by atoms with Gasteiger partial charge in [0, 0.05) is 24.5 Å². The molecule has 14 heavy (non-hydrogen) atoms. The predicted octanol–water partition coefficient (Wildman–Crippen LogP) is 2.57. The molecule has 0 unspecified atom stereocenters. The van der Waals surface area contributed by atoms with Gasteiger partial charge in [-0.2, -0.15) is 5.26 Å². The lowest BCUT2D eigenvalue weighted by Gasteiger charge is -2.17. The summed E-state index contributed by atoms with van der Waals surface area (Å²) in [6.45, 7) is 4.79. The molecule has 1 aromatic rings. The second-order valence-electron chi connectivity index (χ2n) is 3.42. The number of nitriles is 1. The number of hydrogen-bond acceptors (Lipinski definition) is 3. The van der Waals surface area contributed by atoms with E-state index in [0.717, 1.165) is 0 Å². The number of rotatable bonds is 3. The molecular weight excluding hydrogens is 198 g/mol. The van der Waals surface area contributed by atoms with Crippen LogP contribution in [0.15, 0.2) is 18.3 Å². The Morgan fingerprint density at radius 3 is 2.93 bits per heavy atom. The van der Waals surface area contributed by atoms with Crippen LogP contribution in [0.2, 0.25) is 0 Å². The third kappa shape index (κ3) is 2.61. The SMILES string of the molecule is CC(C)CN(Cl)c1ncccc1C#N. The minimum Gasteiger partial charge on any atom is -0.268 e. The number of aromatic nitrogens is 1. The molecule has 0 aliphatic heterocycles. The molecule has 0 amide bonds. The molecule has 0 aliphatic rings. The van der Waals surface area contributed by atoms with E-state index in [2.05, 4.69) is 24.9 Å². The third-order valence-electron chi connectivity index (χ3n) is 1.66. The van der Waals surface area contributed by atoms with Gasteiger partial charge in [0.2, 0.25) is 0 Å². The van der Waals surface area contributed by atoms with Gasteiger partial charge < -0.3 is 0 Å². The molecule has 4 heteroatoms. The first-order valence-corrected chi connectivity index (χ1v) is 4.77. The number of anilines is 1. The second kappa shape index (κ2) is 4.83. The van der Waals surface area contributed by atoms with Crippen molar-refractivity contribution in [3.05, 3.63) is 23.9 Å². The molecule has 0 saturated heterocycles. The van der Waals surface area contributed by atoms with Crippen LogP contribution in [0.4, 0.5) is 5.82 Å². The zero-order chi connectivity index (χ0) is 10.6. The highest BCUT2D eigenvalue weighted by atomic mass is 35.5. The summed E-state index contributed by atoms with van der Waals surface area (Å²) >= 11 is 6.00. The van der Waals surface area contributed by atoms with Gasteiger partial charge in [0.15, 0.2) is 5.82 Å². The quantitative estimate of drug-likeness (QED) is 0.719. The smallest absolute Gasteiger partial charge is 0.160 e. The van der Waals surface area contributed by atoms with Crippen molar-refractivity contribution in [3.8, 4) is 6.07 Å². The highest BCUT2D eigenvalue weighted by Crippen LogP contribution is 2.19. The van der Waals surface area contributed by atoms with E-state index < -0.39 is 0 Å². The fraction of sp³-hybridized carbons (Fsp3) is 0.400. The van der Waals surface area contributed by atoms with E-state index in [0.29, 0.717) is 23.8 Å². The third-order valence-corrected chi connectivity index (χ3v) is 1.96. The van der Waals surface area contributed by atoms with Gasteiger partial charge >= 0.3 is 0 Å². The largest absolute Gasteiger partial charge is 0.268 e. The second-order valence-corrected chi connectivity index (χ2v) is 3.83. The molecule has 0 bridgehead atoms. The first kappa shape index (κ1) is 10.8. The molecule has 0 radical (unpaired) electrons. The van der Waals surface area contributed by atoms with E-state index in [4.69, 9.17) is 17.0 Å². The van der Waals surface area contributed by atoms with Gasteiger partial charge in [-0.1, -0.05) is 13.8 Å². The zero-order valence-corrected chi connectivity index (χ0v) is 8.99. The number of nitrogens with zero attached hydrogens (tertiary/aromatic N) is 3. The first-order chi connectivity index (χ1) is 6.65. The summed E-state index contributed by atoms with van der Waals surface area (Å²) in [6.07, 6.45) is 1.63. The van der Waals surface area contributed by atoms with Crippen molar-refractivity contribution >= 4 is 17.6 Å². The van der Waals surface area contributed by atoms with Gasteiger partial charge in [-0.25, -0.2) is 4.98 Å². The van der Waals surface area contributed by atoms with Crippen molar-refractivity contribution in [2.45, 2.75) is 13.8 Å². The summed E-state index contributed by atoms with van der Waals surface area (Å²) in [6, 6.07) is 5.49. The summed E-state index contributed by atoms with van der Waals surface area (Å²) in [5, 5.41) is 8.83. The van der Waals surface area contributed by atoms with E-state index in [1.54, 1.807) is 18.3 Å². The Kier molecular flexibility index (Phi) is 3.73. The van der Waals surface area contributed by atoms with Gasteiger partial charge in [0.25, 0.3) is 0 Å². The van der Waals surface area contributed by atoms with Crippen molar-refractivity contribution in [1.29, 1.82) is 5.26 Å². The summed E-state index contributed by atoms with van der Waals surface area (Å²) in [4.78, 5) is 4.07. The summed E-state index contributed by atoms with van der Waals surface area (Å²) in [7, 11) is 0.